The van der Waals surface area contributed by atoms with Crippen molar-refractivity contribution in [2.24, 2.45) is 5.10 Å². The van der Waals surface area contributed by atoms with Crippen molar-refractivity contribution in [2.75, 3.05) is 7.11 Å². The molecule has 0 N–H and O–H groups in total. The van der Waals surface area contributed by atoms with Gasteiger partial charge in [0.15, 0.2) is 0 Å². The lowest BCUT2D eigenvalue weighted by molar-refractivity contribution is 0.0713. The number of nitrogens with zero attached hydrogens (tertiary/aromatic N) is 2. The molecule has 0 saturated heterocycles. The minimum Gasteiger partial charge on any atom is -0.497 e. The second-order valence-electron chi connectivity index (χ2n) is 5.64. The molecule has 126 valence electrons. The number of hydrazone groups is 1. The van der Waals surface area contributed by atoms with Crippen LogP contribution >= 0.6 is 22.7 Å². The molecule has 1 amide bonds. The minimum atomic E-state index is -0.108. The zero-order valence-electron chi connectivity index (χ0n) is 13.6. The van der Waals surface area contributed by atoms with E-state index in [-0.39, 0.29) is 11.9 Å². The van der Waals surface area contributed by atoms with Gasteiger partial charge in [-0.1, -0.05) is 18.2 Å². The lowest BCUT2D eigenvalue weighted by Crippen LogP contribution is -2.26. The average Bonchev–Trinajstić information content (AvgIpc) is 3.41. The van der Waals surface area contributed by atoms with E-state index >= 15 is 0 Å². The van der Waals surface area contributed by atoms with Gasteiger partial charge in [0.25, 0.3) is 5.91 Å². The molecular formula is C19H16N2O2S2. The molecule has 4 nitrogen and oxygen atoms in total. The van der Waals surface area contributed by atoms with Crippen LogP contribution in [0.15, 0.2) is 64.4 Å². The Bertz CT molecular complexity index is 901. The topological polar surface area (TPSA) is 41.9 Å². The van der Waals surface area contributed by atoms with Gasteiger partial charge >= 0.3 is 0 Å². The highest BCUT2D eigenvalue weighted by Crippen LogP contribution is 2.37. The van der Waals surface area contributed by atoms with Crippen LogP contribution < -0.4 is 4.74 Å². The van der Waals surface area contributed by atoms with Gasteiger partial charge in [-0.25, -0.2) is 5.01 Å². The smallest absolute Gasteiger partial charge is 0.274 e. The van der Waals surface area contributed by atoms with Crippen LogP contribution in [0.5, 0.6) is 5.75 Å². The summed E-state index contributed by atoms with van der Waals surface area (Å²) in [6.45, 7) is 0. The highest BCUT2D eigenvalue weighted by atomic mass is 32.1. The molecule has 0 saturated carbocycles. The summed E-state index contributed by atoms with van der Waals surface area (Å²) < 4.78 is 5.24. The van der Waals surface area contributed by atoms with Gasteiger partial charge in [-0.2, -0.15) is 5.10 Å². The van der Waals surface area contributed by atoms with E-state index in [1.54, 1.807) is 46.9 Å². The number of benzene rings is 1. The Morgan fingerprint density at radius 2 is 2.00 bits per heavy atom. The maximum absolute atomic E-state index is 13.1. The number of rotatable bonds is 4. The van der Waals surface area contributed by atoms with Crippen molar-refractivity contribution in [3.63, 3.8) is 0 Å². The van der Waals surface area contributed by atoms with Crippen LogP contribution in [0.4, 0.5) is 0 Å². The van der Waals surface area contributed by atoms with Crippen LogP contribution in [-0.2, 0) is 0 Å². The molecule has 1 aromatic carbocycles. The molecule has 3 heterocycles. The molecule has 0 fully saturated rings. The molecule has 4 rings (SSSR count). The van der Waals surface area contributed by atoms with E-state index in [1.165, 1.54) is 0 Å². The molecule has 3 aromatic rings. The largest absolute Gasteiger partial charge is 0.497 e. The summed E-state index contributed by atoms with van der Waals surface area (Å²) in [4.78, 5) is 15.4. The van der Waals surface area contributed by atoms with E-state index in [1.807, 2.05) is 35.0 Å². The predicted molar refractivity (Wildman–Crippen MR) is 102 cm³/mol. The molecule has 0 radical (unpaired) electrons. The van der Waals surface area contributed by atoms with Gasteiger partial charge in [0.2, 0.25) is 0 Å². The van der Waals surface area contributed by atoms with Crippen LogP contribution in [0.1, 0.15) is 32.6 Å². The molecule has 0 spiro atoms. The van der Waals surface area contributed by atoms with E-state index < -0.39 is 0 Å². The van der Waals surface area contributed by atoms with Gasteiger partial charge in [0.05, 0.1) is 23.7 Å². The molecule has 25 heavy (non-hydrogen) atoms. The van der Waals surface area contributed by atoms with E-state index in [0.29, 0.717) is 11.3 Å². The normalized spacial score (nSPS) is 16.8. The number of thiophene rings is 2. The Morgan fingerprint density at radius 1 is 1.16 bits per heavy atom. The molecular weight excluding hydrogens is 352 g/mol. The van der Waals surface area contributed by atoms with Crippen LogP contribution in [-0.4, -0.2) is 23.7 Å². The SMILES string of the molecule is COc1cccc(C(=O)N2N=C(c3cccs3)CC2c2cccs2)c1. The fraction of sp³-hybridized carbons (Fsp3) is 0.158. The molecule has 0 bridgehead atoms. The maximum atomic E-state index is 13.1. The summed E-state index contributed by atoms with van der Waals surface area (Å²) in [5, 5.41) is 10.4. The molecule has 1 aliphatic heterocycles. The zero-order valence-corrected chi connectivity index (χ0v) is 15.2. The van der Waals surface area contributed by atoms with Gasteiger partial charge in [-0.05, 0) is 41.1 Å². The van der Waals surface area contributed by atoms with E-state index in [2.05, 4.69) is 17.2 Å². The van der Waals surface area contributed by atoms with E-state index in [0.717, 1.165) is 21.9 Å². The predicted octanol–water partition coefficient (Wildman–Crippen LogP) is 4.81. The molecule has 1 unspecified atom stereocenters. The van der Waals surface area contributed by atoms with Gasteiger partial charge in [0, 0.05) is 16.9 Å². The van der Waals surface area contributed by atoms with Crippen LogP contribution in [0.3, 0.4) is 0 Å². The van der Waals surface area contributed by atoms with Crippen molar-refractivity contribution < 1.29 is 9.53 Å². The Hall–Kier alpha value is -2.44. The Morgan fingerprint density at radius 3 is 2.72 bits per heavy atom. The van der Waals surface area contributed by atoms with Crippen molar-refractivity contribution in [2.45, 2.75) is 12.5 Å². The summed E-state index contributed by atoms with van der Waals surface area (Å²) in [5.74, 6) is 0.559. The third-order valence-electron chi connectivity index (χ3n) is 4.11. The lowest BCUT2D eigenvalue weighted by atomic mass is 10.1. The number of amides is 1. The summed E-state index contributed by atoms with van der Waals surface area (Å²) in [6.07, 6.45) is 0.733. The first-order valence-electron chi connectivity index (χ1n) is 7.88. The Kier molecular flexibility index (Phi) is 4.38. The average molecular weight is 368 g/mol. The molecule has 2 aromatic heterocycles. The van der Waals surface area contributed by atoms with Crippen molar-refractivity contribution >= 4 is 34.3 Å². The number of methoxy groups -OCH3 is 1. The fourth-order valence-corrected chi connectivity index (χ4v) is 4.41. The van der Waals surface area contributed by atoms with Crippen LogP contribution in [0.2, 0.25) is 0 Å². The van der Waals surface area contributed by atoms with Crippen molar-refractivity contribution in [3.8, 4) is 5.75 Å². The number of hydrogen-bond donors (Lipinski definition) is 0. The summed E-state index contributed by atoms with van der Waals surface area (Å²) in [6, 6.07) is 15.3. The Balaban J connectivity index is 1.71. The fourth-order valence-electron chi connectivity index (χ4n) is 2.88. The van der Waals surface area contributed by atoms with Gasteiger partial charge < -0.3 is 4.74 Å². The number of hydrogen-bond acceptors (Lipinski definition) is 5. The highest BCUT2D eigenvalue weighted by Gasteiger charge is 2.34. The summed E-state index contributed by atoms with van der Waals surface area (Å²) >= 11 is 3.30. The van der Waals surface area contributed by atoms with Gasteiger partial charge in [-0.3, -0.25) is 4.79 Å². The maximum Gasteiger partial charge on any atom is 0.274 e. The van der Waals surface area contributed by atoms with Crippen LogP contribution in [0.25, 0.3) is 0 Å². The van der Waals surface area contributed by atoms with E-state index in [9.17, 15) is 4.79 Å². The second-order valence-corrected chi connectivity index (χ2v) is 7.57. The zero-order chi connectivity index (χ0) is 17.2. The number of carbonyl (C=O) groups excluding carboxylic acids is 1. The monoisotopic (exact) mass is 368 g/mol. The highest BCUT2D eigenvalue weighted by molar-refractivity contribution is 7.12. The first-order chi connectivity index (χ1) is 12.3. The lowest BCUT2D eigenvalue weighted by Gasteiger charge is -2.20. The standard InChI is InChI=1S/C19H16N2O2S2/c1-23-14-6-2-5-13(11-14)19(22)21-16(18-8-4-10-25-18)12-15(20-21)17-7-3-9-24-17/h2-11,16H,12H2,1H3. The van der Waals surface area contributed by atoms with Gasteiger partial charge in [-0.15, -0.1) is 22.7 Å². The second kappa shape index (κ2) is 6.82. The van der Waals surface area contributed by atoms with Crippen molar-refractivity contribution in [3.05, 3.63) is 74.6 Å². The quantitative estimate of drug-likeness (QED) is 0.663. The van der Waals surface area contributed by atoms with Crippen LogP contribution in [0, 0.1) is 0 Å². The summed E-state index contributed by atoms with van der Waals surface area (Å²) in [7, 11) is 1.60. The Labute approximate surface area is 154 Å². The van der Waals surface area contributed by atoms with Gasteiger partial charge in [0.1, 0.15) is 5.75 Å². The molecule has 0 aliphatic carbocycles. The first kappa shape index (κ1) is 16.1. The number of carbonyl (C=O) groups is 1. The third kappa shape index (κ3) is 3.10. The van der Waals surface area contributed by atoms with Crippen molar-refractivity contribution in [1.82, 2.24) is 5.01 Å². The first-order valence-corrected chi connectivity index (χ1v) is 9.64. The van der Waals surface area contributed by atoms with Crippen molar-refractivity contribution in [1.29, 1.82) is 0 Å². The summed E-state index contributed by atoms with van der Waals surface area (Å²) in [5.41, 5.74) is 1.54. The minimum absolute atomic E-state index is 0.0594. The third-order valence-corrected chi connectivity index (χ3v) is 6.00. The molecule has 1 aliphatic rings. The molecule has 6 heteroatoms. The number of ether oxygens (including phenoxy) is 1. The molecule has 1 atom stereocenters. The van der Waals surface area contributed by atoms with E-state index in [4.69, 9.17) is 4.74 Å².